The molecule has 0 bridgehead atoms. The third-order valence-corrected chi connectivity index (χ3v) is 5.01. The Bertz CT molecular complexity index is 736. The predicted octanol–water partition coefficient (Wildman–Crippen LogP) is 3.33. The van der Waals surface area contributed by atoms with Crippen LogP contribution in [0.5, 0.6) is 0 Å². The summed E-state index contributed by atoms with van der Waals surface area (Å²) in [6.07, 6.45) is 1.81. The highest BCUT2D eigenvalue weighted by atomic mass is 16.2. The molecule has 0 N–H and O–H groups in total. The average Bonchev–Trinajstić information content (AvgIpc) is 2.69. The summed E-state index contributed by atoms with van der Waals surface area (Å²) in [6, 6.07) is 12.3. The monoisotopic (exact) mass is 352 g/mol. The number of hydrogen-bond acceptors (Lipinski definition) is 4. The number of carbonyl (C=O) groups is 1. The van der Waals surface area contributed by atoms with Gasteiger partial charge in [0.2, 0.25) is 0 Å². The van der Waals surface area contributed by atoms with Gasteiger partial charge in [-0.3, -0.25) is 4.79 Å². The van der Waals surface area contributed by atoms with Crippen molar-refractivity contribution in [2.45, 2.75) is 20.8 Å². The van der Waals surface area contributed by atoms with Crippen LogP contribution in [-0.4, -0.2) is 60.0 Å². The van der Waals surface area contributed by atoms with E-state index in [0.29, 0.717) is 5.69 Å². The third-order valence-electron chi connectivity index (χ3n) is 5.01. The number of nitrogens with zero attached hydrogens (tertiary/aromatic N) is 4. The van der Waals surface area contributed by atoms with Gasteiger partial charge in [-0.1, -0.05) is 19.1 Å². The van der Waals surface area contributed by atoms with Crippen molar-refractivity contribution in [3.63, 3.8) is 0 Å². The number of likely N-dealkylation sites (N-methyl/N-ethyl adjacent to an activating group) is 1. The Morgan fingerprint density at radius 1 is 1.08 bits per heavy atom. The highest BCUT2D eigenvalue weighted by Crippen LogP contribution is 2.25. The summed E-state index contributed by atoms with van der Waals surface area (Å²) >= 11 is 0. The molecule has 2 aromatic rings. The van der Waals surface area contributed by atoms with Crippen LogP contribution in [0.15, 0.2) is 42.6 Å². The molecule has 2 heterocycles. The summed E-state index contributed by atoms with van der Waals surface area (Å²) in [5, 5.41) is 0. The van der Waals surface area contributed by atoms with E-state index in [1.165, 1.54) is 5.56 Å². The molecule has 1 amide bonds. The largest absolute Gasteiger partial charge is 0.341 e. The number of amides is 1. The lowest BCUT2D eigenvalue weighted by atomic mass is 10.2. The molecule has 0 saturated carbocycles. The maximum absolute atomic E-state index is 12.7. The van der Waals surface area contributed by atoms with Crippen molar-refractivity contribution in [1.29, 1.82) is 0 Å². The standard InChI is InChI=1S/C21H28N4O/c1-4-23-11-13-24(14-12-23)21(26)20-10-9-19(16-22-20)25(5-2)18-8-6-7-17(3)15-18/h6-10,15-16H,4-5,11-14H2,1-3H3. The van der Waals surface area contributed by atoms with Crippen LogP contribution in [0.2, 0.25) is 0 Å². The number of carbonyl (C=O) groups excluding carboxylic acids is 1. The smallest absolute Gasteiger partial charge is 0.272 e. The summed E-state index contributed by atoms with van der Waals surface area (Å²) in [7, 11) is 0. The molecule has 0 aliphatic carbocycles. The fraction of sp³-hybridized carbons (Fsp3) is 0.429. The Labute approximate surface area is 156 Å². The van der Waals surface area contributed by atoms with E-state index >= 15 is 0 Å². The second kappa shape index (κ2) is 8.32. The molecule has 1 aliphatic rings. The minimum absolute atomic E-state index is 0.0332. The molecule has 3 rings (SSSR count). The van der Waals surface area contributed by atoms with Gasteiger partial charge in [-0.05, 0) is 50.2 Å². The van der Waals surface area contributed by atoms with E-state index < -0.39 is 0 Å². The molecular formula is C21H28N4O. The van der Waals surface area contributed by atoms with E-state index in [9.17, 15) is 4.79 Å². The first kappa shape index (κ1) is 18.4. The lowest BCUT2D eigenvalue weighted by molar-refractivity contribution is 0.0637. The number of hydrogen-bond donors (Lipinski definition) is 0. The summed E-state index contributed by atoms with van der Waals surface area (Å²) in [6.45, 7) is 11.7. The van der Waals surface area contributed by atoms with E-state index in [2.05, 4.69) is 59.8 Å². The average molecular weight is 352 g/mol. The maximum atomic E-state index is 12.7. The van der Waals surface area contributed by atoms with Gasteiger partial charge in [0, 0.05) is 38.4 Å². The Balaban J connectivity index is 1.72. The topological polar surface area (TPSA) is 39.7 Å². The fourth-order valence-corrected chi connectivity index (χ4v) is 3.41. The van der Waals surface area contributed by atoms with Crippen molar-refractivity contribution < 1.29 is 4.79 Å². The fourth-order valence-electron chi connectivity index (χ4n) is 3.41. The van der Waals surface area contributed by atoms with E-state index in [0.717, 1.165) is 50.6 Å². The zero-order valence-electron chi connectivity index (χ0n) is 16.0. The SMILES string of the molecule is CCN1CCN(C(=O)c2ccc(N(CC)c3cccc(C)c3)cn2)CC1. The van der Waals surface area contributed by atoms with Gasteiger partial charge in [-0.15, -0.1) is 0 Å². The Morgan fingerprint density at radius 2 is 1.85 bits per heavy atom. The first-order valence-corrected chi connectivity index (χ1v) is 9.44. The second-order valence-electron chi connectivity index (χ2n) is 6.71. The number of pyridine rings is 1. The van der Waals surface area contributed by atoms with Crippen LogP contribution < -0.4 is 4.90 Å². The van der Waals surface area contributed by atoms with E-state index in [1.54, 1.807) is 6.20 Å². The number of benzene rings is 1. The summed E-state index contributed by atoms with van der Waals surface area (Å²) < 4.78 is 0. The van der Waals surface area contributed by atoms with Crippen molar-refractivity contribution in [3.05, 3.63) is 53.9 Å². The molecular weight excluding hydrogens is 324 g/mol. The highest BCUT2D eigenvalue weighted by Gasteiger charge is 2.22. The van der Waals surface area contributed by atoms with E-state index in [-0.39, 0.29) is 5.91 Å². The highest BCUT2D eigenvalue weighted by molar-refractivity contribution is 5.92. The molecule has 1 fully saturated rings. The van der Waals surface area contributed by atoms with Crippen molar-refractivity contribution in [2.75, 3.05) is 44.2 Å². The number of aromatic nitrogens is 1. The Hall–Kier alpha value is -2.40. The predicted molar refractivity (Wildman–Crippen MR) is 106 cm³/mol. The summed E-state index contributed by atoms with van der Waals surface area (Å²) in [5.74, 6) is 0.0332. The van der Waals surface area contributed by atoms with Crippen molar-refractivity contribution in [3.8, 4) is 0 Å². The first-order valence-electron chi connectivity index (χ1n) is 9.44. The van der Waals surface area contributed by atoms with Gasteiger partial charge in [0.15, 0.2) is 0 Å². The van der Waals surface area contributed by atoms with Crippen LogP contribution >= 0.6 is 0 Å². The zero-order valence-corrected chi connectivity index (χ0v) is 16.0. The van der Waals surface area contributed by atoms with Crippen LogP contribution in [0.1, 0.15) is 29.9 Å². The maximum Gasteiger partial charge on any atom is 0.272 e. The normalized spacial score (nSPS) is 15.1. The van der Waals surface area contributed by atoms with E-state index in [4.69, 9.17) is 0 Å². The zero-order chi connectivity index (χ0) is 18.5. The van der Waals surface area contributed by atoms with Crippen LogP contribution in [0.25, 0.3) is 0 Å². The van der Waals surface area contributed by atoms with Gasteiger partial charge >= 0.3 is 0 Å². The van der Waals surface area contributed by atoms with Crippen molar-refractivity contribution in [1.82, 2.24) is 14.8 Å². The van der Waals surface area contributed by atoms with Gasteiger partial charge in [0.1, 0.15) is 5.69 Å². The van der Waals surface area contributed by atoms with Crippen LogP contribution in [0, 0.1) is 6.92 Å². The summed E-state index contributed by atoms with van der Waals surface area (Å²) in [4.78, 5) is 23.6. The Morgan fingerprint density at radius 3 is 2.42 bits per heavy atom. The van der Waals surface area contributed by atoms with Crippen LogP contribution in [-0.2, 0) is 0 Å². The molecule has 0 spiro atoms. The molecule has 0 atom stereocenters. The number of anilines is 2. The Kier molecular flexibility index (Phi) is 5.89. The molecule has 138 valence electrons. The van der Waals surface area contributed by atoms with Gasteiger partial charge in [0.25, 0.3) is 5.91 Å². The molecule has 1 aromatic heterocycles. The lowest BCUT2D eigenvalue weighted by Gasteiger charge is -2.33. The van der Waals surface area contributed by atoms with Gasteiger partial charge < -0.3 is 14.7 Å². The molecule has 1 aromatic carbocycles. The van der Waals surface area contributed by atoms with Crippen molar-refractivity contribution >= 4 is 17.3 Å². The third kappa shape index (κ3) is 4.05. The summed E-state index contributed by atoms with van der Waals surface area (Å²) in [5.41, 5.74) is 3.90. The molecule has 26 heavy (non-hydrogen) atoms. The first-order chi connectivity index (χ1) is 12.6. The van der Waals surface area contributed by atoms with E-state index in [1.807, 2.05) is 17.0 Å². The van der Waals surface area contributed by atoms with Gasteiger partial charge in [-0.2, -0.15) is 0 Å². The van der Waals surface area contributed by atoms with Crippen LogP contribution in [0.4, 0.5) is 11.4 Å². The number of piperazine rings is 1. The van der Waals surface area contributed by atoms with Crippen molar-refractivity contribution in [2.24, 2.45) is 0 Å². The van der Waals surface area contributed by atoms with Gasteiger partial charge in [-0.25, -0.2) is 4.98 Å². The molecule has 5 nitrogen and oxygen atoms in total. The van der Waals surface area contributed by atoms with Gasteiger partial charge in [0.05, 0.1) is 11.9 Å². The quantitative estimate of drug-likeness (QED) is 0.827. The second-order valence-corrected chi connectivity index (χ2v) is 6.71. The number of rotatable bonds is 5. The molecule has 0 unspecified atom stereocenters. The molecule has 0 radical (unpaired) electrons. The molecule has 5 heteroatoms. The van der Waals surface area contributed by atoms with Crippen LogP contribution in [0.3, 0.4) is 0 Å². The minimum atomic E-state index is 0.0332. The molecule has 1 saturated heterocycles. The number of aryl methyl sites for hydroxylation is 1. The minimum Gasteiger partial charge on any atom is -0.341 e. The lowest BCUT2D eigenvalue weighted by Crippen LogP contribution is -2.48. The molecule has 1 aliphatic heterocycles.